The minimum absolute atomic E-state index is 0.0183. The zero-order chi connectivity index (χ0) is 13.1. The summed E-state index contributed by atoms with van der Waals surface area (Å²) in [5.41, 5.74) is 0.625. The zero-order valence-electron chi connectivity index (χ0n) is 10.2. The molecule has 2 aromatic heterocycles. The van der Waals surface area contributed by atoms with E-state index in [1.807, 2.05) is 26.0 Å². The van der Waals surface area contributed by atoms with Crippen LogP contribution >= 0.6 is 22.9 Å². The largest absolute Gasteiger partial charge is 0.288 e. The molecule has 0 unspecified atom stereocenters. The molecule has 3 nitrogen and oxygen atoms in total. The summed E-state index contributed by atoms with van der Waals surface area (Å²) in [6.07, 6.45) is 4.92. The summed E-state index contributed by atoms with van der Waals surface area (Å²) < 4.78 is 1.74. The van der Waals surface area contributed by atoms with Crippen molar-refractivity contribution in [1.29, 1.82) is 0 Å². The van der Waals surface area contributed by atoms with Gasteiger partial charge >= 0.3 is 0 Å². The summed E-state index contributed by atoms with van der Waals surface area (Å²) in [6.45, 7) is 4.72. The molecule has 0 radical (unpaired) electrons. The first-order valence-electron chi connectivity index (χ1n) is 5.62. The third kappa shape index (κ3) is 2.89. The normalized spacial score (nSPS) is 11.3. The van der Waals surface area contributed by atoms with E-state index in [1.165, 1.54) is 17.4 Å². The second-order valence-electron chi connectivity index (χ2n) is 3.83. The van der Waals surface area contributed by atoms with Crippen molar-refractivity contribution in [3.05, 3.63) is 44.9 Å². The third-order valence-electron chi connectivity index (χ3n) is 2.44. The second-order valence-corrected chi connectivity index (χ2v) is 5.52. The van der Waals surface area contributed by atoms with Crippen LogP contribution in [-0.4, -0.2) is 15.6 Å². The predicted octanol–water partition coefficient (Wildman–Crippen LogP) is 3.82. The number of hydrogen-bond donors (Lipinski definition) is 0. The Morgan fingerprint density at radius 2 is 2.33 bits per heavy atom. The van der Waals surface area contributed by atoms with Crippen molar-refractivity contribution in [2.75, 3.05) is 0 Å². The summed E-state index contributed by atoms with van der Waals surface area (Å²) in [6, 6.07) is 3.77. The van der Waals surface area contributed by atoms with E-state index in [0.717, 1.165) is 16.3 Å². The molecule has 0 fully saturated rings. The van der Waals surface area contributed by atoms with Crippen molar-refractivity contribution >= 4 is 34.8 Å². The molecule has 2 aromatic rings. The van der Waals surface area contributed by atoms with E-state index in [0.29, 0.717) is 10.7 Å². The van der Waals surface area contributed by atoms with E-state index in [4.69, 9.17) is 11.6 Å². The van der Waals surface area contributed by atoms with E-state index >= 15 is 0 Å². The number of thiophene rings is 1. The van der Waals surface area contributed by atoms with Gasteiger partial charge in [-0.05, 0) is 38.1 Å². The standard InChI is InChI=1S/C13H13ClN2OS/c1-3-16-8-10(14)11(15-16)5-6-12(17)13-7-4-9(2)18-13/h4-8H,3H2,1-2H3/b6-5+. The van der Waals surface area contributed by atoms with Crippen molar-refractivity contribution in [2.45, 2.75) is 20.4 Å². The molecule has 0 saturated carbocycles. The van der Waals surface area contributed by atoms with E-state index in [1.54, 1.807) is 17.0 Å². The summed E-state index contributed by atoms with van der Waals surface area (Å²) >= 11 is 7.50. The Morgan fingerprint density at radius 3 is 2.89 bits per heavy atom. The summed E-state index contributed by atoms with van der Waals surface area (Å²) in [4.78, 5) is 13.7. The van der Waals surface area contributed by atoms with Gasteiger partial charge in [-0.15, -0.1) is 11.3 Å². The van der Waals surface area contributed by atoms with Crippen molar-refractivity contribution in [3.63, 3.8) is 0 Å². The fourth-order valence-corrected chi connectivity index (χ4v) is 2.49. The van der Waals surface area contributed by atoms with Crippen LogP contribution in [0.15, 0.2) is 24.4 Å². The molecule has 18 heavy (non-hydrogen) atoms. The minimum Gasteiger partial charge on any atom is -0.288 e. The fraction of sp³-hybridized carbons (Fsp3) is 0.231. The molecule has 0 bridgehead atoms. The van der Waals surface area contributed by atoms with Gasteiger partial charge in [-0.25, -0.2) is 0 Å². The number of nitrogens with zero attached hydrogens (tertiary/aromatic N) is 2. The number of carbonyl (C=O) groups is 1. The number of carbonyl (C=O) groups excluding carboxylic acids is 1. The Kier molecular flexibility index (Phi) is 3.99. The van der Waals surface area contributed by atoms with Gasteiger partial charge in [0.2, 0.25) is 0 Å². The Hall–Kier alpha value is -1.39. The van der Waals surface area contributed by atoms with Gasteiger partial charge in [0, 0.05) is 17.6 Å². The lowest BCUT2D eigenvalue weighted by molar-refractivity contribution is 0.105. The monoisotopic (exact) mass is 280 g/mol. The lowest BCUT2D eigenvalue weighted by Crippen LogP contribution is -1.94. The quantitative estimate of drug-likeness (QED) is 0.630. The SMILES string of the molecule is CCn1cc(Cl)c(/C=C/C(=O)c2ccc(C)s2)n1. The number of rotatable bonds is 4. The maximum Gasteiger partial charge on any atom is 0.195 e. The molecule has 5 heteroatoms. The Labute approximate surface area is 115 Å². The molecule has 0 atom stereocenters. The van der Waals surface area contributed by atoms with Gasteiger partial charge in [-0.3, -0.25) is 9.48 Å². The second kappa shape index (κ2) is 5.50. The molecule has 0 spiro atoms. The molecule has 94 valence electrons. The molecule has 0 amide bonds. The van der Waals surface area contributed by atoms with Crippen molar-refractivity contribution in [3.8, 4) is 0 Å². The topological polar surface area (TPSA) is 34.9 Å². The minimum atomic E-state index is -0.0183. The summed E-state index contributed by atoms with van der Waals surface area (Å²) in [5.74, 6) is -0.0183. The number of hydrogen-bond acceptors (Lipinski definition) is 3. The predicted molar refractivity (Wildman–Crippen MR) is 75.3 cm³/mol. The lowest BCUT2D eigenvalue weighted by Gasteiger charge is -1.90. The van der Waals surface area contributed by atoms with Gasteiger partial charge in [0.15, 0.2) is 5.78 Å². The molecular weight excluding hydrogens is 268 g/mol. The molecule has 0 N–H and O–H groups in total. The number of aromatic nitrogens is 2. The van der Waals surface area contributed by atoms with Crippen LogP contribution in [0.5, 0.6) is 0 Å². The summed E-state index contributed by atoms with van der Waals surface area (Å²) in [5, 5.41) is 4.81. The maximum atomic E-state index is 11.9. The fourth-order valence-electron chi connectivity index (χ4n) is 1.49. The van der Waals surface area contributed by atoms with Crippen LogP contribution in [0.3, 0.4) is 0 Å². The van der Waals surface area contributed by atoms with E-state index < -0.39 is 0 Å². The van der Waals surface area contributed by atoms with Crippen LogP contribution in [-0.2, 0) is 6.54 Å². The van der Waals surface area contributed by atoms with Crippen LogP contribution in [0.25, 0.3) is 6.08 Å². The number of halogens is 1. The Balaban J connectivity index is 2.15. The number of ketones is 1. The van der Waals surface area contributed by atoms with Gasteiger partial charge in [-0.2, -0.15) is 5.10 Å². The zero-order valence-corrected chi connectivity index (χ0v) is 11.8. The molecule has 2 rings (SSSR count). The van der Waals surface area contributed by atoms with Crippen LogP contribution in [0, 0.1) is 6.92 Å². The van der Waals surface area contributed by atoms with Gasteiger partial charge in [0.1, 0.15) is 5.69 Å². The Bertz CT molecular complexity index is 598. The molecule has 0 aliphatic carbocycles. The highest BCUT2D eigenvalue weighted by molar-refractivity contribution is 7.14. The van der Waals surface area contributed by atoms with Crippen LogP contribution < -0.4 is 0 Å². The highest BCUT2D eigenvalue weighted by Crippen LogP contribution is 2.18. The molecule has 2 heterocycles. The number of aryl methyl sites for hydroxylation is 2. The smallest absolute Gasteiger partial charge is 0.195 e. The molecule has 0 aliphatic heterocycles. The first-order valence-corrected chi connectivity index (χ1v) is 6.81. The highest BCUT2D eigenvalue weighted by Gasteiger charge is 2.06. The van der Waals surface area contributed by atoms with E-state index in [-0.39, 0.29) is 5.78 Å². The molecular formula is C13H13ClN2OS. The average molecular weight is 281 g/mol. The van der Waals surface area contributed by atoms with E-state index in [9.17, 15) is 4.79 Å². The third-order valence-corrected chi connectivity index (χ3v) is 3.75. The van der Waals surface area contributed by atoms with Crippen molar-refractivity contribution < 1.29 is 4.79 Å². The molecule has 0 aromatic carbocycles. The average Bonchev–Trinajstić information content (AvgIpc) is 2.92. The van der Waals surface area contributed by atoms with Gasteiger partial charge < -0.3 is 0 Å². The van der Waals surface area contributed by atoms with Crippen LogP contribution in [0.4, 0.5) is 0 Å². The summed E-state index contributed by atoms with van der Waals surface area (Å²) in [7, 11) is 0. The van der Waals surface area contributed by atoms with Crippen LogP contribution in [0.2, 0.25) is 5.02 Å². The van der Waals surface area contributed by atoms with Crippen molar-refractivity contribution in [1.82, 2.24) is 9.78 Å². The first kappa shape index (κ1) is 13.1. The molecule has 0 saturated heterocycles. The van der Waals surface area contributed by atoms with Crippen molar-refractivity contribution in [2.24, 2.45) is 0 Å². The van der Waals surface area contributed by atoms with Gasteiger partial charge in [0.05, 0.1) is 9.90 Å². The first-order chi connectivity index (χ1) is 8.60. The Morgan fingerprint density at radius 1 is 1.56 bits per heavy atom. The van der Waals surface area contributed by atoms with E-state index in [2.05, 4.69) is 5.10 Å². The van der Waals surface area contributed by atoms with Crippen LogP contribution in [0.1, 0.15) is 27.2 Å². The van der Waals surface area contributed by atoms with Gasteiger partial charge in [-0.1, -0.05) is 11.6 Å². The number of allylic oxidation sites excluding steroid dienone is 1. The molecule has 0 aliphatic rings. The van der Waals surface area contributed by atoms with Gasteiger partial charge in [0.25, 0.3) is 0 Å². The highest BCUT2D eigenvalue weighted by atomic mass is 35.5. The lowest BCUT2D eigenvalue weighted by atomic mass is 10.2. The maximum absolute atomic E-state index is 11.9.